The molecular weight excluding hydrogens is 396 g/mol. The second kappa shape index (κ2) is 8.77. The number of alkyl halides is 1. The molecule has 1 aromatic carbocycles. The summed E-state index contributed by atoms with van der Waals surface area (Å²) in [6, 6.07) is 7.54. The fourth-order valence-corrected chi connectivity index (χ4v) is 6.04. The minimum Gasteiger partial charge on any atom is -0.388 e. The molecule has 2 aromatic rings. The van der Waals surface area contributed by atoms with E-state index < -0.39 is 10.8 Å². The van der Waals surface area contributed by atoms with Gasteiger partial charge in [-0.05, 0) is 30.5 Å². The molecule has 0 saturated carbocycles. The summed E-state index contributed by atoms with van der Waals surface area (Å²) in [5, 5.41) is 11.9. The van der Waals surface area contributed by atoms with Crippen molar-refractivity contribution >= 4 is 58.1 Å². The minimum absolute atomic E-state index is 0.0180. The van der Waals surface area contributed by atoms with Gasteiger partial charge in [0.15, 0.2) is 4.71 Å². The lowest BCUT2D eigenvalue weighted by Gasteiger charge is -2.24. The molecule has 134 valence electrons. The fourth-order valence-electron chi connectivity index (χ4n) is 2.62. The van der Waals surface area contributed by atoms with Crippen molar-refractivity contribution in [2.45, 2.75) is 40.3 Å². The van der Waals surface area contributed by atoms with Gasteiger partial charge in [0.2, 0.25) is 0 Å². The maximum atomic E-state index is 12.5. The van der Waals surface area contributed by atoms with Crippen LogP contribution in [-0.2, 0) is 4.79 Å². The van der Waals surface area contributed by atoms with E-state index >= 15 is 0 Å². The van der Waals surface area contributed by atoms with Crippen LogP contribution in [0.3, 0.4) is 0 Å². The fraction of sp³-hybridized carbons (Fsp3) is 0.412. The van der Waals surface area contributed by atoms with E-state index in [0.717, 1.165) is 27.8 Å². The van der Waals surface area contributed by atoms with Crippen LogP contribution in [0.15, 0.2) is 40.2 Å². The smallest absolute Gasteiger partial charge is 0.256 e. The molecule has 0 radical (unpaired) electrons. The molecule has 25 heavy (non-hydrogen) atoms. The number of carbonyl (C=O) groups excluding carboxylic acids is 1. The number of aromatic nitrogens is 1. The first kappa shape index (κ1) is 19.0. The number of amides is 1. The van der Waals surface area contributed by atoms with Gasteiger partial charge in [0.25, 0.3) is 5.91 Å². The zero-order valence-corrected chi connectivity index (χ0v) is 16.9. The molecule has 1 amide bonds. The Hall–Kier alpha value is -0.730. The van der Waals surface area contributed by atoms with Crippen molar-refractivity contribution < 1.29 is 9.90 Å². The van der Waals surface area contributed by atoms with Gasteiger partial charge in [0, 0.05) is 23.0 Å². The quantitative estimate of drug-likeness (QED) is 0.523. The van der Waals surface area contributed by atoms with Crippen LogP contribution in [0.5, 0.6) is 0 Å². The zero-order valence-electron chi connectivity index (χ0n) is 13.7. The molecule has 8 heteroatoms. The molecule has 2 heterocycles. The van der Waals surface area contributed by atoms with Gasteiger partial charge in [0.1, 0.15) is 4.34 Å². The predicted molar refractivity (Wildman–Crippen MR) is 108 cm³/mol. The average Bonchev–Trinajstić information content (AvgIpc) is 3.23. The van der Waals surface area contributed by atoms with E-state index in [1.807, 2.05) is 36.6 Å². The lowest BCUT2D eigenvalue weighted by atomic mass is 10.1. The highest BCUT2D eigenvalue weighted by Crippen LogP contribution is 2.40. The molecule has 3 unspecified atom stereocenters. The Kier molecular flexibility index (Phi) is 6.68. The largest absolute Gasteiger partial charge is 0.388 e. The molecule has 0 spiro atoms. The standard InChI is InChI=1S/C17H19ClN2O2S3/c1-2-13(21)11-3-5-12(6-4-11)20-14(25-15(18)16(20)22)7-9-23-17-19-8-10-24-17/h3-6,8,10,13-15,21H,2,7,9H2,1H3. The third-order valence-electron chi connectivity index (χ3n) is 3.94. The van der Waals surface area contributed by atoms with Crippen molar-refractivity contribution in [3.63, 3.8) is 0 Å². The number of rotatable bonds is 7. The first-order chi connectivity index (χ1) is 12.1. The van der Waals surface area contributed by atoms with Crippen molar-refractivity contribution in [1.82, 2.24) is 4.98 Å². The van der Waals surface area contributed by atoms with E-state index in [2.05, 4.69) is 4.98 Å². The summed E-state index contributed by atoms with van der Waals surface area (Å²) in [5.41, 5.74) is 1.70. The monoisotopic (exact) mass is 414 g/mol. The van der Waals surface area contributed by atoms with Crippen LogP contribution in [0.25, 0.3) is 0 Å². The highest BCUT2D eigenvalue weighted by atomic mass is 35.5. The Morgan fingerprint density at radius 3 is 2.80 bits per heavy atom. The van der Waals surface area contributed by atoms with Crippen molar-refractivity contribution in [1.29, 1.82) is 0 Å². The number of hydrogen-bond acceptors (Lipinski definition) is 6. The summed E-state index contributed by atoms with van der Waals surface area (Å²) in [5.74, 6) is 0.810. The molecule has 0 bridgehead atoms. The molecule has 3 atom stereocenters. The number of halogens is 1. The molecule has 0 aliphatic carbocycles. The van der Waals surface area contributed by atoms with E-state index in [1.165, 1.54) is 11.8 Å². The van der Waals surface area contributed by atoms with Crippen LogP contribution in [0.4, 0.5) is 5.69 Å². The summed E-state index contributed by atoms with van der Waals surface area (Å²) >= 11 is 11.0. The topological polar surface area (TPSA) is 53.4 Å². The number of aliphatic hydroxyl groups excluding tert-OH is 1. The lowest BCUT2D eigenvalue weighted by Crippen LogP contribution is -2.34. The number of thioether (sulfide) groups is 2. The lowest BCUT2D eigenvalue weighted by molar-refractivity contribution is -0.116. The maximum Gasteiger partial charge on any atom is 0.256 e. The Labute approximate surface area is 165 Å². The van der Waals surface area contributed by atoms with Gasteiger partial charge in [0.05, 0.1) is 11.5 Å². The third kappa shape index (κ3) is 4.52. The molecule has 1 aliphatic rings. The third-order valence-corrected chi connectivity index (χ3v) is 7.63. The summed E-state index contributed by atoms with van der Waals surface area (Å²) < 4.78 is 0.497. The van der Waals surface area contributed by atoms with Gasteiger partial charge in [-0.1, -0.05) is 30.8 Å². The molecule has 1 N–H and O–H groups in total. The number of hydrogen-bond donors (Lipinski definition) is 1. The van der Waals surface area contributed by atoms with E-state index in [4.69, 9.17) is 11.6 Å². The van der Waals surface area contributed by atoms with Crippen LogP contribution >= 0.6 is 46.5 Å². The van der Waals surface area contributed by atoms with Crippen molar-refractivity contribution in [3.05, 3.63) is 41.4 Å². The van der Waals surface area contributed by atoms with Crippen LogP contribution in [0.2, 0.25) is 0 Å². The Morgan fingerprint density at radius 2 is 2.16 bits per heavy atom. The van der Waals surface area contributed by atoms with Crippen LogP contribution < -0.4 is 4.90 Å². The zero-order chi connectivity index (χ0) is 17.8. The van der Waals surface area contributed by atoms with Gasteiger partial charge in [-0.25, -0.2) is 4.98 Å². The molecule has 1 saturated heterocycles. The van der Waals surface area contributed by atoms with Crippen molar-refractivity contribution in [2.24, 2.45) is 0 Å². The van der Waals surface area contributed by atoms with Crippen LogP contribution in [-0.4, -0.2) is 31.8 Å². The molecular formula is C17H19ClN2O2S3. The first-order valence-electron chi connectivity index (χ1n) is 8.03. The van der Waals surface area contributed by atoms with Crippen LogP contribution in [0, 0.1) is 0 Å². The van der Waals surface area contributed by atoms with Crippen LogP contribution in [0.1, 0.15) is 31.4 Å². The van der Waals surface area contributed by atoms with Gasteiger partial charge in [-0.15, -0.1) is 34.7 Å². The second-order valence-corrected chi connectivity index (χ2v) is 9.79. The highest BCUT2D eigenvalue weighted by Gasteiger charge is 2.39. The Morgan fingerprint density at radius 1 is 1.40 bits per heavy atom. The van der Waals surface area contributed by atoms with Gasteiger partial charge in [-0.2, -0.15) is 0 Å². The summed E-state index contributed by atoms with van der Waals surface area (Å²) in [6.07, 6.45) is 2.83. The molecule has 3 rings (SSSR count). The minimum atomic E-state index is -0.546. The summed E-state index contributed by atoms with van der Waals surface area (Å²) in [4.78, 5) is 18.5. The molecule has 1 aromatic heterocycles. The molecule has 4 nitrogen and oxygen atoms in total. The number of anilines is 1. The first-order valence-corrected chi connectivity index (χ1v) is 11.3. The second-order valence-electron chi connectivity index (χ2n) is 5.57. The van der Waals surface area contributed by atoms with E-state index in [1.54, 1.807) is 34.2 Å². The Bertz CT molecular complexity index is 696. The average molecular weight is 415 g/mol. The normalized spacial score (nSPS) is 21.7. The number of thiazole rings is 1. The SMILES string of the molecule is CCC(O)c1ccc(N2C(=O)C(Cl)SC2CCSc2nccs2)cc1. The summed E-state index contributed by atoms with van der Waals surface area (Å²) in [6.45, 7) is 1.94. The van der Waals surface area contributed by atoms with Crippen molar-refractivity contribution in [3.8, 4) is 0 Å². The predicted octanol–water partition coefficient (Wildman–Crippen LogP) is 4.74. The van der Waals surface area contributed by atoms with Gasteiger partial charge in [-0.3, -0.25) is 9.69 Å². The molecule has 1 aliphatic heterocycles. The van der Waals surface area contributed by atoms with E-state index in [9.17, 15) is 9.90 Å². The van der Waals surface area contributed by atoms with Gasteiger partial charge >= 0.3 is 0 Å². The van der Waals surface area contributed by atoms with Gasteiger partial charge < -0.3 is 5.11 Å². The number of carbonyl (C=O) groups is 1. The maximum absolute atomic E-state index is 12.5. The van der Waals surface area contributed by atoms with Crippen molar-refractivity contribution in [2.75, 3.05) is 10.7 Å². The highest BCUT2D eigenvalue weighted by molar-refractivity contribution is 8.03. The Balaban J connectivity index is 1.68. The number of nitrogens with zero attached hydrogens (tertiary/aromatic N) is 2. The summed E-state index contributed by atoms with van der Waals surface area (Å²) in [7, 11) is 0. The molecule has 1 fully saturated rings. The van der Waals surface area contributed by atoms with E-state index in [-0.39, 0.29) is 11.3 Å². The number of benzene rings is 1. The van der Waals surface area contributed by atoms with E-state index in [0.29, 0.717) is 6.42 Å². The number of aliphatic hydroxyl groups is 1.